The molecule has 1 aromatic heterocycles. The molecular formula is C20H23BN2O3. The number of pyridine rings is 1. The van der Waals surface area contributed by atoms with Gasteiger partial charge in [0.2, 0.25) is 5.91 Å². The molecule has 1 aliphatic carbocycles. The summed E-state index contributed by atoms with van der Waals surface area (Å²) in [5, 5.41) is 21.9. The van der Waals surface area contributed by atoms with E-state index in [1.807, 2.05) is 24.4 Å². The van der Waals surface area contributed by atoms with E-state index in [1.165, 1.54) is 12.8 Å². The zero-order valence-corrected chi connectivity index (χ0v) is 14.7. The van der Waals surface area contributed by atoms with Gasteiger partial charge in [-0.1, -0.05) is 49.9 Å². The molecule has 2 aliphatic rings. The van der Waals surface area contributed by atoms with E-state index in [1.54, 1.807) is 18.3 Å². The number of carbonyl (C=O) groups is 1. The minimum absolute atomic E-state index is 0.00435. The minimum atomic E-state index is -1.51. The highest BCUT2D eigenvalue weighted by atomic mass is 16.4. The van der Waals surface area contributed by atoms with Gasteiger partial charge in [0.25, 0.3) is 0 Å². The first-order valence-electron chi connectivity index (χ1n) is 9.36. The van der Waals surface area contributed by atoms with E-state index in [0.717, 1.165) is 42.5 Å². The van der Waals surface area contributed by atoms with E-state index in [-0.39, 0.29) is 11.8 Å². The molecule has 1 atom stereocenters. The van der Waals surface area contributed by atoms with Crippen LogP contribution < -0.4 is 10.8 Å². The van der Waals surface area contributed by atoms with Gasteiger partial charge in [-0.15, -0.1) is 0 Å². The Morgan fingerprint density at radius 2 is 1.73 bits per heavy atom. The second kappa shape index (κ2) is 6.85. The van der Waals surface area contributed by atoms with Crippen molar-refractivity contribution in [1.29, 1.82) is 0 Å². The van der Waals surface area contributed by atoms with Crippen LogP contribution in [0.4, 0.5) is 5.69 Å². The second-order valence-electron chi connectivity index (χ2n) is 7.37. The zero-order chi connectivity index (χ0) is 18.1. The molecule has 134 valence electrons. The van der Waals surface area contributed by atoms with E-state index < -0.39 is 12.5 Å². The predicted octanol–water partition coefficient (Wildman–Crippen LogP) is 1.97. The van der Waals surface area contributed by atoms with Crippen LogP contribution in [0.5, 0.6) is 0 Å². The van der Waals surface area contributed by atoms with Crippen molar-refractivity contribution < 1.29 is 14.8 Å². The van der Waals surface area contributed by atoms with Crippen LogP contribution in [-0.2, 0) is 10.2 Å². The first kappa shape index (κ1) is 17.2. The molecule has 2 heterocycles. The number of hydrogen-bond acceptors (Lipinski definition) is 4. The fourth-order valence-corrected chi connectivity index (χ4v) is 4.72. The third-order valence-electron chi connectivity index (χ3n) is 5.98. The number of fused-ring (bicyclic) bond motifs is 1. The van der Waals surface area contributed by atoms with Crippen molar-refractivity contribution in [2.24, 2.45) is 5.92 Å². The molecule has 6 heteroatoms. The molecule has 3 N–H and O–H groups in total. The highest BCUT2D eigenvalue weighted by Gasteiger charge is 2.53. The monoisotopic (exact) mass is 350 g/mol. The molecule has 0 bridgehead atoms. The van der Waals surface area contributed by atoms with Crippen LogP contribution in [0.25, 0.3) is 0 Å². The number of nitrogens with one attached hydrogen (secondary N) is 1. The minimum Gasteiger partial charge on any atom is -0.423 e. The van der Waals surface area contributed by atoms with E-state index in [0.29, 0.717) is 5.46 Å². The normalized spacial score (nSPS) is 23.2. The van der Waals surface area contributed by atoms with Crippen LogP contribution in [0.1, 0.15) is 49.7 Å². The molecule has 1 saturated carbocycles. The number of carbonyl (C=O) groups excluding carboxylic acids is 1. The molecule has 1 amide bonds. The maximum Gasteiger partial charge on any atom is 0.488 e. The number of rotatable bonds is 3. The standard InChI is InChI=1S/C20H23BN2O3/c24-19-20(14-5-3-1-2-4-6-14,17-13-22-12-11-18(17)23-19)15-7-9-16(10-8-15)21(25)26/h7-14,25-26H,1-6H2,(H,23,24)/t20-/m0/s1. The van der Waals surface area contributed by atoms with Crippen molar-refractivity contribution in [1.82, 2.24) is 4.98 Å². The van der Waals surface area contributed by atoms with Crippen LogP contribution in [0.15, 0.2) is 42.7 Å². The van der Waals surface area contributed by atoms with E-state index in [4.69, 9.17) is 0 Å². The van der Waals surface area contributed by atoms with E-state index in [9.17, 15) is 14.8 Å². The van der Waals surface area contributed by atoms with Crippen LogP contribution in [0, 0.1) is 5.92 Å². The summed E-state index contributed by atoms with van der Waals surface area (Å²) in [4.78, 5) is 17.6. The van der Waals surface area contributed by atoms with Crippen molar-refractivity contribution in [2.45, 2.75) is 43.9 Å². The lowest BCUT2D eigenvalue weighted by molar-refractivity contribution is -0.121. The second-order valence-corrected chi connectivity index (χ2v) is 7.37. The van der Waals surface area contributed by atoms with Crippen LogP contribution >= 0.6 is 0 Å². The molecule has 0 radical (unpaired) electrons. The molecule has 1 aliphatic heterocycles. The van der Waals surface area contributed by atoms with Crippen molar-refractivity contribution >= 4 is 24.2 Å². The molecular weight excluding hydrogens is 327 g/mol. The topological polar surface area (TPSA) is 82.5 Å². The van der Waals surface area contributed by atoms with Gasteiger partial charge in [-0.3, -0.25) is 9.78 Å². The summed E-state index contributed by atoms with van der Waals surface area (Å²) in [6, 6.07) is 8.97. The quantitative estimate of drug-likeness (QED) is 0.584. The largest absolute Gasteiger partial charge is 0.488 e. The number of hydrogen-bond donors (Lipinski definition) is 3. The molecule has 0 unspecified atom stereocenters. The lowest BCUT2D eigenvalue weighted by Gasteiger charge is -2.36. The summed E-state index contributed by atoms with van der Waals surface area (Å²) in [5.74, 6) is 0.213. The molecule has 4 rings (SSSR count). The van der Waals surface area contributed by atoms with Gasteiger partial charge in [0, 0.05) is 23.6 Å². The first-order chi connectivity index (χ1) is 12.6. The summed E-state index contributed by atoms with van der Waals surface area (Å²) in [7, 11) is -1.51. The maximum absolute atomic E-state index is 13.3. The molecule has 2 aromatic rings. The highest BCUT2D eigenvalue weighted by molar-refractivity contribution is 6.58. The molecule has 5 nitrogen and oxygen atoms in total. The maximum atomic E-state index is 13.3. The predicted molar refractivity (Wildman–Crippen MR) is 101 cm³/mol. The summed E-state index contributed by atoms with van der Waals surface area (Å²) in [6.45, 7) is 0. The Balaban J connectivity index is 1.89. The average Bonchev–Trinajstić information content (AvgIpc) is 2.80. The van der Waals surface area contributed by atoms with Gasteiger partial charge in [-0.25, -0.2) is 0 Å². The molecule has 1 aromatic carbocycles. The fraction of sp³-hybridized carbons (Fsp3) is 0.400. The Kier molecular flexibility index (Phi) is 4.55. The third-order valence-corrected chi connectivity index (χ3v) is 5.98. The summed E-state index contributed by atoms with van der Waals surface area (Å²) in [5.41, 5.74) is 2.34. The number of aromatic nitrogens is 1. The summed E-state index contributed by atoms with van der Waals surface area (Å²) in [6.07, 6.45) is 10.2. The van der Waals surface area contributed by atoms with Crippen molar-refractivity contribution in [2.75, 3.05) is 5.32 Å². The van der Waals surface area contributed by atoms with Crippen LogP contribution in [-0.4, -0.2) is 28.1 Å². The van der Waals surface area contributed by atoms with Gasteiger partial charge in [-0.05, 0) is 35.9 Å². The SMILES string of the molecule is O=C1Nc2ccncc2[C@@]1(c1ccc(B(O)O)cc1)C1CCCCCC1. The highest BCUT2D eigenvalue weighted by Crippen LogP contribution is 2.51. The smallest absolute Gasteiger partial charge is 0.423 e. The number of anilines is 1. The average molecular weight is 350 g/mol. The molecule has 1 fully saturated rings. The Labute approximate surface area is 153 Å². The number of nitrogens with zero attached hydrogens (tertiary/aromatic N) is 1. The van der Waals surface area contributed by atoms with Gasteiger partial charge < -0.3 is 15.4 Å². The van der Waals surface area contributed by atoms with Crippen LogP contribution in [0.3, 0.4) is 0 Å². The van der Waals surface area contributed by atoms with Crippen molar-refractivity contribution in [3.8, 4) is 0 Å². The lowest BCUT2D eigenvalue weighted by atomic mass is 9.63. The van der Waals surface area contributed by atoms with Gasteiger partial charge in [0.15, 0.2) is 0 Å². The van der Waals surface area contributed by atoms with Crippen molar-refractivity contribution in [3.63, 3.8) is 0 Å². The van der Waals surface area contributed by atoms with Gasteiger partial charge in [0.05, 0.1) is 0 Å². The lowest BCUT2D eigenvalue weighted by Crippen LogP contribution is -2.43. The zero-order valence-electron chi connectivity index (χ0n) is 14.7. The molecule has 0 saturated heterocycles. The van der Waals surface area contributed by atoms with Crippen molar-refractivity contribution in [3.05, 3.63) is 53.9 Å². The van der Waals surface area contributed by atoms with Gasteiger partial charge in [-0.2, -0.15) is 0 Å². The van der Waals surface area contributed by atoms with Crippen LogP contribution in [0.2, 0.25) is 0 Å². The third kappa shape index (κ3) is 2.64. The Bertz CT molecular complexity index is 801. The molecule has 26 heavy (non-hydrogen) atoms. The first-order valence-corrected chi connectivity index (χ1v) is 9.36. The fourth-order valence-electron chi connectivity index (χ4n) is 4.72. The van der Waals surface area contributed by atoms with Gasteiger partial charge >= 0.3 is 7.12 Å². The molecule has 0 spiro atoms. The Morgan fingerprint density at radius 3 is 2.38 bits per heavy atom. The summed E-state index contributed by atoms with van der Waals surface area (Å²) < 4.78 is 0. The number of benzene rings is 1. The van der Waals surface area contributed by atoms with Gasteiger partial charge in [0.1, 0.15) is 5.41 Å². The Hall–Kier alpha value is -2.18. The Morgan fingerprint density at radius 1 is 1.04 bits per heavy atom. The van der Waals surface area contributed by atoms with E-state index in [2.05, 4.69) is 10.3 Å². The van der Waals surface area contributed by atoms with E-state index >= 15 is 0 Å². The number of amides is 1. The summed E-state index contributed by atoms with van der Waals surface area (Å²) >= 11 is 0.